The molecule has 108 valence electrons. The second-order valence-electron chi connectivity index (χ2n) is 5.72. The molecule has 5 atom stereocenters. The van der Waals surface area contributed by atoms with Gasteiger partial charge in [0, 0.05) is 11.8 Å². The summed E-state index contributed by atoms with van der Waals surface area (Å²) in [5.74, 6) is 0.0819. The lowest BCUT2D eigenvalue weighted by atomic mass is 9.83. The standard InChI is InChI=1S/C16H20O4/c1-10-13-8-14(17)20-16(19-13)11(2)15(10)18-9-12-6-4-3-5-7-12/h3-7,10-11,13,15-16H,8-9H2,1-2H3/t10-,11+,13-,15-,16+/m1/s1. The molecule has 0 amide bonds. The van der Waals surface area contributed by atoms with Crippen LogP contribution in [-0.2, 0) is 25.6 Å². The highest BCUT2D eigenvalue weighted by Gasteiger charge is 2.47. The van der Waals surface area contributed by atoms with E-state index in [0.29, 0.717) is 13.0 Å². The summed E-state index contributed by atoms with van der Waals surface area (Å²) in [5.41, 5.74) is 1.15. The van der Waals surface area contributed by atoms with Crippen LogP contribution in [0.5, 0.6) is 0 Å². The molecule has 20 heavy (non-hydrogen) atoms. The van der Waals surface area contributed by atoms with Gasteiger partial charge in [-0.3, -0.25) is 4.79 Å². The number of hydrogen-bond acceptors (Lipinski definition) is 4. The van der Waals surface area contributed by atoms with Crippen LogP contribution < -0.4 is 0 Å². The summed E-state index contributed by atoms with van der Waals surface area (Å²) in [7, 11) is 0. The third-order valence-electron chi connectivity index (χ3n) is 4.26. The molecule has 4 nitrogen and oxygen atoms in total. The SMILES string of the molecule is C[C@@H]1[C@@H]2OC(=O)C[C@@H](O2)[C@@H](C)[C@H]1OCc1ccccc1. The Morgan fingerprint density at radius 1 is 1.20 bits per heavy atom. The van der Waals surface area contributed by atoms with Gasteiger partial charge in [0.1, 0.15) is 0 Å². The molecular weight excluding hydrogens is 256 g/mol. The van der Waals surface area contributed by atoms with E-state index >= 15 is 0 Å². The van der Waals surface area contributed by atoms with Crippen molar-refractivity contribution in [3.8, 4) is 0 Å². The van der Waals surface area contributed by atoms with E-state index in [2.05, 4.69) is 19.1 Å². The van der Waals surface area contributed by atoms with Crippen molar-refractivity contribution in [3.63, 3.8) is 0 Å². The van der Waals surface area contributed by atoms with E-state index < -0.39 is 6.29 Å². The fourth-order valence-electron chi connectivity index (χ4n) is 3.05. The topological polar surface area (TPSA) is 44.8 Å². The molecular formula is C16H20O4. The number of ether oxygens (including phenoxy) is 3. The van der Waals surface area contributed by atoms with Crippen molar-refractivity contribution in [2.24, 2.45) is 11.8 Å². The Labute approximate surface area is 119 Å². The molecule has 0 N–H and O–H groups in total. The van der Waals surface area contributed by atoms with E-state index in [9.17, 15) is 4.79 Å². The second-order valence-corrected chi connectivity index (χ2v) is 5.72. The van der Waals surface area contributed by atoms with Gasteiger partial charge in [-0.2, -0.15) is 0 Å². The van der Waals surface area contributed by atoms with Crippen molar-refractivity contribution in [1.29, 1.82) is 0 Å². The Morgan fingerprint density at radius 3 is 2.70 bits per heavy atom. The molecule has 0 spiro atoms. The normalized spacial score (nSPS) is 36.5. The lowest BCUT2D eigenvalue weighted by Crippen LogP contribution is -2.55. The zero-order valence-electron chi connectivity index (χ0n) is 11.8. The van der Waals surface area contributed by atoms with Crippen LogP contribution in [0.2, 0.25) is 0 Å². The molecule has 2 fully saturated rings. The zero-order chi connectivity index (χ0) is 14.1. The first-order chi connectivity index (χ1) is 9.65. The lowest BCUT2D eigenvalue weighted by molar-refractivity contribution is -0.285. The number of carbonyl (C=O) groups excluding carboxylic acids is 1. The predicted octanol–water partition coefficient (Wildman–Crippen LogP) is 2.52. The van der Waals surface area contributed by atoms with Crippen molar-refractivity contribution < 1.29 is 19.0 Å². The summed E-state index contributed by atoms with van der Waals surface area (Å²) in [5, 5.41) is 0. The molecule has 1 aromatic rings. The highest BCUT2D eigenvalue weighted by Crippen LogP contribution is 2.37. The van der Waals surface area contributed by atoms with Gasteiger partial charge in [-0.15, -0.1) is 0 Å². The second kappa shape index (κ2) is 5.54. The Bertz CT molecular complexity index is 453. The Hall–Kier alpha value is -1.39. The van der Waals surface area contributed by atoms with Gasteiger partial charge in [-0.1, -0.05) is 44.2 Å². The average molecular weight is 276 g/mol. The van der Waals surface area contributed by atoms with Crippen molar-refractivity contribution in [3.05, 3.63) is 35.9 Å². The van der Waals surface area contributed by atoms with Gasteiger partial charge in [-0.05, 0) is 5.56 Å². The third-order valence-corrected chi connectivity index (χ3v) is 4.26. The lowest BCUT2D eigenvalue weighted by Gasteiger charge is -2.46. The predicted molar refractivity (Wildman–Crippen MR) is 72.7 cm³/mol. The summed E-state index contributed by atoms with van der Waals surface area (Å²) in [6.07, 6.45) is -0.168. The third kappa shape index (κ3) is 2.58. The molecule has 0 radical (unpaired) electrons. The number of benzene rings is 1. The number of rotatable bonds is 3. The van der Waals surface area contributed by atoms with Crippen LogP contribution in [-0.4, -0.2) is 24.5 Å². The quantitative estimate of drug-likeness (QED) is 0.796. The van der Waals surface area contributed by atoms with E-state index in [1.807, 2.05) is 25.1 Å². The van der Waals surface area contributed by atoms with Gasteiger partial charge in [-0.25, -0.2) is 0 Å². The first kappa shape index (κ1) is 13.6. The first-order valence-corrected chi connectivity index (χ1v) is 7.15. The van der Waals surface area contributed by atoms with Crippen LogP contribution in [0, 0.1) is 11.8 Å². The van der Waals surface area contributed by atoms with Gasteiger partial charge in [0.05, 0.1) is 25.2 Å². The van der Waals surface area contributed by atoms with E-state index in [0.717, 1.165) is 5.56 Å². The molecule has 0 aliphatic carbocycles. The van der Waals surface area contributed by atoms with Gasteiger partial charge in [0.2, 0.25) is 6.29 Å². The van der Waals surface area contributed by atoms with E-state index in [1.54, 1.807) is 0 Å². The summed E-state index contributed by atoms with van der Waals surface area (Å²) < 4.78 is 17.1. The van der Waals surface area contributed by atoms with Gasteiger partial charge < -0.3 is 14.2 Å². The molecule has 2 bridgehead atoms. The van der Waals surface area contributed by atoms with E-state index in [4.69, 9.17) is 14.2 Å². The molecule has 1 aromatic carbocycles. The molecule has 2 saturated heterocycles. The molecule has 0 aromatic heterocycles. The fraction of sp³-hybridized carbons (Fsp3) is 0.562. The number of fused-ring (bicyclic) bond motifs is 2. The largest absolute Gasteiger partial charge is 0.435 e. The van der Waals surface area contributed by atoms with Crippen LogP contribution in [0.1, 0.15) is 25.8 Å². The van der Waals surface area contributed by atoms with Crippen LogP contribution in [0.25, 0.3) is 0 Å². The van der Waals surface area contributed by atoms with Gasteiger partial charge >= 0.3 is 5.97 Å². The summed E-state index contributed by atoms with van der Waals surface area (Å²) in [6.45, 7) is 4.69. The summed E-state index contributed by atoms with van der Waals surface area (Å²) >= 11 is 0. The fourth-order valence-corrected chi connectivity index (χ4v) is 3.05. The van der Waals surface area contributed by atoms with Gasteiger partial charge in [0.15, 0.2) is 0 Å². The molecule has 2 aliphatic heterocycles. The van der Waals surface area contributed by atoms with Crippen molar-refractivity contribution in [2.75, 3.05) is 0 Å². The minimum absolute atomic E-state index is 0.0482. The minimum atomic E-state index is -0.460. The molecule has 3 rings (SSSR count). The molecule has 4 heteroatoms. The Kier molecular flexibility index (Phi) is 3.76. The number of carbonyl (C=O) groups is 1. The maximum atomic E-state index is 11.5. The Morgan fingerprint density at radius 2 is 1.95 bits per heavy atom. The van der Waals surface area contributed by atoms with E-state index in [-0.39, 0.29) is 30.0 Å². The Balaban J connectivity index is 1.68. The summed E-state index contributed by atoms with van der Waals surface area (Å²) in [4.78, 5) is 11.5. The molecule has 0 saturated carbocycles. The van der Waals surface area contributed by atoms with Crippen molar-refractivity contribution >= 4 is 5.97 Å². The van der Waals surface area contributed by atoms with Gasteiger partial charge in [0.25, 0.3) is 0 Å². The number of hydrogen-bond donors (Lipinski definition) is 0. The average Bonchev–Trinajstić information content (AvgIpc) is 2.46. The maximum absolute atomic E-state index is 11.5. The van der Waals surface area contributed by atoms with Crippen molar-refractivity contribution in [2.45, 2.75) is 45.4 Å². The highest BCUT2D eigenvalue weighted by atomic mass is 16.7. The highest BCUT2D eigenvalue weighted by molar-refractivity contribution is 5.70. The molecule has 2 heterocycles. The summed E-state index contributed by atoms with van der Waals surface area (Å²) in [6, 6.07) is 10.1. The maximum Gasteiger partial charge on any atom is 0.310 e. The minimum Gasteiger partial charge on any atom is -0.435 e. The van der Waals surface area contributed by atoms with Crippen LogP contribution in [0.4, 0.5) is 0 Å². The first-order valence-electron chi connectivity index (χ1n) is 7.15. The van der Waals surface area contributed by atoms with Crippen LogP contribution in [0.15, 0.2) is 30.3 Å². The smallest absolute Gasteiger partial charge is 0.310 e. The molecule has 0 unspecified atom stereocenters. The number of esters is 1. The van der Waals surface area contributed by atoms with Crippen molar-refractivity contribution in [1.82, 2.24) is 0 Å². The monoisotopic (exact) mass is 276 g/mol. The van der Waals surface area contributed by atoms with Crippen LogP contribution >= 0.6 is 0 Å². The van der Waals surface area contributed by atoms with Crippen LogP contribution in [0.3, 0.4) is 0 Å². The molecule has 2 aliphatic rings. The zero-order valence-corrected chi connectivity index (χ0v) is 11.8. The van der Waals surface area contributed by atoms with E-state index in [1.165, 1.54) is 0 Å².